The summed E-state index contributed by atoms with van der Waals surface area (Å²) in [6, 6.07) is 8.36. The van der Waals surface area contributed by atoms with Gasteiger partial charge in [-0.3, -0.25) is 9.69 Å². The van der Waals surface area contributed by atoms with Crippen LogP contribution in [0.4, 0.5) is 0 Å². The van der Waals surface area contributed by atoms with Crippen LogP contribution in [0.2, 0.25) is 0 Å². The number of carbonyl (C=O) groups is 1. The van der Waals surface area contributed by atoms with E-state index in [0.717, 1.165) is 32.1 Å². The van der Waals surface area contributed by atoms with Gasteiger partial charge in [-0.05, 0) is 36.5 Å². The van der Waals surface area contributed by atoms with Crippen molar-refractivity contribution in [1.29, 1.82) is 0 Å². The summed E-state index contributed by atoms with van der Waals surface area (Å²) < 4.78 is 10.8. The van der Waals surface area contributed by atoms with Crippen molar-refractivity contribution >= 4 is 5.91 Å². The van der Waals surface area contributed by atoms with Crippen LogP contribution in [-0.4, -0.2) is 50.8 Å². The predicted molar refractivity (Wildman–Crippen MR) is 97.7 cm³/mol. The minimum Gasteiger partial charge on any atom is -0.497 e. The van der Waals surface area contributed by atoms with E-state index in [1.807, 2.05) is 12.1 Å². The quantitative estimate of drug-likeness (QED) is 0.825. The van der Waals surface area contributed by atoms with Gasteiger partial charge in [0.1, 0.15) is 5.75 Å². The van der Waals surface area contributed by atoms with Gasteiger partial charge >= 0.3 is 0 Å². The fraction of sp³-hybridized carbons (Fsp3) is 0.650. The molecule has 138 valence electrons. The molecular weight excluding hydrogens is 316 g/mol. The van der Waals surface area contributed by atoms with Crippen molar-refractivity contribution in [3.8, 4) is 5.75 Å². The molecule has 3 rings (SSSR count). The number of nitrogens with one attached hydrogen (secondary N) is 1. The van der Waals surface area contributed by atoms with E-state index in [-0.39, 0.29) is 11.9 Å². The third-order valence-electron chi connectivity index (χ3n) is 5.43. The largest absolute Gasteiger partial charge is 0.497 e. The lowest BCUT2D eigenvalue weighted by Gasteiger charge is -2.35. The maximum absolute atomic E-state index is 12.3. The standard InChI is InChI=1S/C20H30N2O3/c1-24-18-8-6-17(7-9-18)19(22-10-12-25-13-11-22)15-21-20(23)14-16-4-2-3-5-16/h6-9,16,19H,2-5,10-15H2,1H3,(H,21,23). The summed E-state index contributed by atoms with van der Waals surface area (Å²) in [7, 11) is 1.68. The van der Waals surface area contributed by atoms with Crippen molar-refractivity contribution in [3.63, 3.8) is 0 Å². The van der Waals surface area contributed by atoms with Crippen LogP contribution < -0.4 is 10.1 Å². The number of carbonyl (C=O) groups excluding carboxylic acids is 1. The number of methoxy groups -OCH3 is 1. The van der Waals surface area contributed by atoms with Gasteiger partial charge in [-0.1, -0.05) is 25.0 Å². The van der Waals surface area contributed by atoms with Crippen molar-refractivity contribution in [2.75, 3.05) is 40.0 Å². The molecular formula is C20H30N2O3. The Morgan fingerprint density at radius 1 is 1.24 bits per heavy atom. The molecule has 1 saturated carbocycles. The van der Waals surface area contributed by atoms with Gasteiger partial charge in [0, 0.05) is 26.1 Å². The third kappa shape index (κ3) is 5.19. The first-order valence-corrected chi connectivity index (χ1v) is 9.48. The Hall–Kier alpha value is -1.59. The van der Waals surface area contributed by atoms with Gasteiger partial charge in [0.15, 0.2) is 0 Å². The van der Waals surface area contributed by atoms with E-state index >= 15 is 0 Å². The smallest absolute Gasteiger partial charge is 0.220 e. The first-order chi connectivity index (χ1) is 12.3. The van der Waals surface area contributed by atoms with E-state index in [1.165, 1.54) is 31.2 Å². The van der Waals surface area contributed by atoms with Crippen LogP contribution in [0, 0.1) is 5.92 Å². The zero-order chi connectivity index (χ0) is 17.5. The lowest BCUT2D eigenvalue weighted by Crippen LogP contribution is -2.44. The summed E-state index contributed by atoms with van der Waals surface area (Å²) in [5.41, 5.74) is 1.21. The second kappa shape index (κ2) is 9.20. The van der Waals surface area contributed by atoms with Gasteiger partial charge in [-0.25, -0.2) is 0 Å². The highest BCUT2D eigenvalue weighted by Gasteiger charge is 2.24. The fourth-order valence-electron chi connectivity index (χ4n) is 3.93. The highest BCUT2D eigenvalue weighted by atomic mass is 16.5. The molecule has 1 aliphatic heterocycles. The molecule has 5 heteroatoms. The van der Waals surface area contributed by atoms with Crippen LogP contribution >= 0.6 is 0 Å². The van der Waals surface area contributed by atoms with Gasteiger partial charge < -0.3 is 14.8 Å². The van der Waals surface area contributed by atoms with Crippen molar-refractivity contribution in [3.05, 3.63) is 29.8 Å². The molecule has 0 radical (unpaired) electrons. The Kier molecular flexibility index (Phi) is 6.70. The molecule has 1 amide bonds. The van der Waals surface area contributed by atoms with Gasteiger partial charge in [0.2, 0.25) is 5.91 Å². The Labute approximate surface area is 150 Å². The second-order valence-electron chi connectivity index (χ2n) is 7.10. The molecule has 2 fully saturated rings. The van der Waals surface area contributed by atoms with E-state index in [4.69, 9.17) is 9.47 Å². The number of morpholine rings is 1. The molecule has 1 heterocycles. The Morgan fingerprint density at radius 3 is 2.56 bits per heavy atom. The van der Waals surface area contributed by atoms with Crippen molar-refractivity contribution in [1.82, 2.24) is 10.2 Å². The van der Waals surface area contributed by atoms with Crippen LogP contribution in [0.5, 0.6) is 5.75 Å². The van der Waals surface area contributed by atoms with Crippen molar-refractivity contribution in [2.24, 2.45) is 5.92 Å². The third-order valence-corrected chi connectivity index (χ3v) is 5.43. The van der Waals surface area contributed by atoms with E-state index in [1.54, 1.807) is 7.11 Å². The molecule has 2 aliphatic rings. The number of ether oxygens (including phenoxy) is 2. The first kappa shape index (κ1) is 18.2. The number of hydrogen-bond acceptors (Lipinski definition) is 4. The number of rotatable bonds is 7. The number of nitrogens with zero attached hydrogens (tertiary/aromatic N) is 1. The average Bonchev–Trinajstić information content (AvgIpc) is 3.16. The molecule has 0 bridgehead atoms. The molecule has 1 aromatic rings. The Morgan fingerprint density at radius 2 is 1.92 bits per heavy atom. The minimum atomic E-state index is 0.183. The lowest BCUT2D eigenvalue weighted by molar-refractivity contribution is -0.122. The van der Waals surface area contributed by atoms with Crippen LogP contribution in [0.15, 0.2) is 24.3 Å². The summed E-state index contributed by atoms with van der Waals surface area (Å²) >= 11 is 0. The molecule has 1 atom stereocenters. The van der Waals surface area contributed by atoms with E-state index < -0.39 is 0 Å². The summed E-state index contributed by atoms with van der Waals surface area (Å²) in [5, 5.41) is 3.18. The van der Waals surface area contributed by atoms with Crippen LogP contribution in [-0.2, 0) is 9.53 Å². The first-order valence-electron chi connectivity index (χ1n) is 9.48. The molecule has 0 spiro atoms. The molecule has 1 unspecified atom stereocenters. The summed E-state index contributed by atoms with van der Waals surface area (Å²) in [6.07, 6.45) is 5.65. The summed E-state index contributed by atoms with van der Waals surface area (Å²) in [4.78, 5) is 14.7. The fourth-order valence-corrected chi connectivity index (χ4v) is 3.93. The Bertz CT molecular complexity index is 534. The molecule has 0 aromatic heterocycles. The zero-order valence-electron chi connectivity index (χ0n) is 15.2. The summed E-state index contributed by atoms with van der Waals surface area (Å²) in [5.74, 6) is 1.64. The normalized spacial score (nSPS) is 20.4. The van der Waals surface area contributed by atoms with Crippen molar-refractivity contribution in [2.45, 2.75) is 38.1 Å². The maximum Gasteiger partial charge on any atom is 0.220 e. The monoisotopic (exact) mass is 346 g/mol. The number of amides is 1. The molecule has 1 N–H and O–H groups in total. The predicted octanol–water partition coefficient (Wildman–Crippen LogP) is 2.77. The highest BCUT2D eigenvalue weighted by molar-refractivity contribution is 5.76. The number of hydrogen-bond donors (Lipinski definition) is 1. The highest BCUT2D eigenvalue weighted by Crippen LogP contribution is 2.28. The Balaban J connectivity index is 1.61. The van der Waals surface area contributed by atoms with Gasteiger partial charge in [0.05, 0.1) is 26.4 Å². The van der Waals surface area contributed by atoms with Gasteiger partial charge in [-0.2, -0.15) is 0 Å². The van der Waals surface area contributed by atoms with Crippen molar-refractivity contribution < 1.29 is 14.3 Å². The van der Waals surface area contributed by atoms with E-state index in [0.29, 0.717) is 18.9 Å². The lowest BCUT2D eigenvalue weighted by atomic mass is 10.0. The average molecular weight is 346 g/mol. The second-order valence-corrected chi connectivity index (χ2v) is 7.10. The molecule has 25 heavy (non-hydrogen) atoms. The van der Waals surface area contributed by atoms with Gasteiger partial charge in [0.25, 0.3) is 0 Å². The van der Waals surface area contributed by atoms with Gasteiger partial charge in [-0.15, -0.1) is 0 Å². The number of benzene rings is 1. The topological polar surface area (TPSA) is 50.8 Å². The van der Waals surface area contributed by atoms with E-state index in [9.17, 15) is 4.79 Å². The van der Waals surface area contributed by atoms with Crippen LogP contribution in [0.25, 0.3) is 0 Å². The summed E-state index contributed by atoms with van der Waals surface area (Å²) in [6.45, 7) is 3.95. The van der Waals surface area contributed by atoms with E-state index in [2.05, 4.69) is 22.3 Å². The molecule has 1 aliphatic carbocycles. The SMILES string of the molecule is COc1ccc(C(CNC(=O)CC2CCCC2)N2CCOCC2)cc1. The van der Waals surface area contributed by atoms with Crippen LogP contribution in [0.1, 0.15) is 43.7 Å². The maximum atomic E-state index is 12.3. The minimum absolute atomic E-state index is 0.183. The molecule has 1 aromatic carbocycles. The molecule has 5 nitrogen and oxygen atoms in total. The molecule has 1 saturated heterocycles. The van der Waals surface area contributed by atoms with Crippen LogP contribution in [0.3, 0.4) is 0 Å². The zero-order valence-corrected chi connectivity index (χ0v) is 15.2.